The van der Waals surface area contributed by atoms with Crippen molar-refractivity contribution < 1.29 is 42.8 Å². The molecular weight excluding hydrogens is 759 g/mol. The number of aryl methyl sites for hydroxylation is 1. The number of carbonyl (C=O) groups excluding carboxylic acids is 3. The molecule has 1 aromatic rings. The van der Waals surface area contributed by atoms with Gasteiger partial charge in [-0.2, -0.15) is 0 Å². The van der Waals surface area contributed by atoms with Crippen molar-refractivity contribution >= 4 is 18.1 Å². The van der Waals surface area contributed by atoms with Gasteiger partial charge in [0, 0.05) is 45.0 Å². The number of hydrogen-bond donors (Lipinski definition) is 0. The van der Waals surface area contributed by atoms with E-state index in [1.165, 1.54) is 77.0 Å². The summed E-state index contributed by atoms with van der Waals surface area (Å²) >= 11 is 0. The molecule has 0 radical (unpaired) electrons. The summed E-state index contributed by atoms with van der Waals surface area (Å²) in [5, 5.41) is 0. The van der Waals surface area contributed by atoms with Crippen molar-refractivity contribution in [2.45, 2.75) is 207 Å². The van der Waals surface area contributed by atoms with Crippen molar-refractivity contribution in [3.63, 3.8) is 0 Å². The molecule has 1 heterocycles. The van der Waals surface area contributed by atoms with Crippen LogP contribution in [0.2, 0.25) is 0 Å². The van der Waals surface area contributed by atoms with Crippen LogP contribution in [-0.4, -0.2) is 68.6 Å². The van der Waals surface area contributed by atoms with Crippen LogP contribution in [0.3, 0.4) is 0 Å². The van der Waals surface area contributed by atoms with Crippen LogP contribution in [0, 0.1) is 5.92 Å². The van der Waals surface area contributed by atoms with Crippen LogP contribution in [0.4, 0.5) is 4.79 Å². The lowest BCUT2D eigenvalue weighted by molar-refractivity contribution is -0.161. The van der Waals surface area contributed by atoms with Gasteiger partial charge >= 0.3 is 18.1 Å². The Morgan fingerprint density at radius 2 is 0.983 bits per heavy atom. The van der Waals surface area contributed by atoms with E-state index in [2.05, 4.69) is 45.1 Å². The van der Waals surface area contributed by atoms with Gasteiger partial charge in [0.15, 0.2) is 6.29 Å². The molecule has 0 saturated heterocycles. The Morgan fingerprint density at radius 3 is 1.58 bits per heavy atom. The second kappa shape index (κ2) is 42.6. The molecule has 0 bridgehead atoms. The van der Waals surface area contributed by atoms with E-state index in [0.717, 1.165) is 77.2 Å². The number of rotatable bonds is 43. The zero-order valence-electron chi connectivity index (χ0n) is 38.4. The Balaban J connectivity index is 2.51. The standard InChI is InChI=1S/C50H87NO9/c1-4-7-10-13-16-17-18-19-20-21-22-23-24-25-28-34-47(52)58-43-46(45-60-50(54)57-42-33-39-51-37-29-30-38-51)44-59-48(53)35-36-49(55-40-31-26-14-11-8-5-2)56-41-32-27-15-12-9-6-3/h16-17,19-20,29-30,37-38,46,49H,4-15,18,21-28,31-36,39-45H2,1-3H3/b17-16-,20-19-. The first-order valence-corrected chi connectivity index (χ1v) is 24.2. The smallest absolute Gasteiger partial charge is 0.465 e. The summed E-state index contributed by atoms with van der Waals surface area (Å²) in [4.78, 5) is 38.0. The highest BCUT2D eigenvalue weighted by Gasteiger charge is 2.20. The molecule has 0 N–H and O–H groups in total. The Labute approximate surface area is 365 Å². The van der Waals surface area contributed by atoms with Gasteiger partial charge in [-0.3, -0.25) is 9.59 Å². The highest BCUT2D eigenvalue weighted by atomic mass is 16.7. The molecule has 60 heavy (non-hydrogen) atoms. The monoisotopic (exact) mass is 846 g/mol. The number of ether oxygens (including phenoxy) is 6. The Hall–Kier alpha value is -3.11. The molecule has 1 atom stereocenters. The van der Waals surface area contributed by atoms with Crippen LogP contribution in [0.25, 0.3) is 0 Å². The predicted molar refractivity (Wildman–Crippen MR) is 243 cm³/mol. The van der Waals surface area contributed by atoms with E-state index in [1.807, 2.05) is 29.1 Å². The van der Waals surface area contributed by atoms with Gasteiger partial charge in [0.1, 0.15) is 19.8 Å². The van der Waals surface area contributed by atoms with Gasteiger partial charge in [-0.15, -0.1) is 0 Å². The topological polar surface area (TPSA) is 112 Å². The highest BCUT2D eigenvalue weighted by Crippen LogP contribution is 2.14. The van der Waals surface area contributed by atoms with Crippen molar-refractivity contribution in [3.05, 3.63) is 48.8 Å². The molecule has 0 fully saturated rings. The molecule has 10 heteroatoms. The molecule has 0 amide bonds. The van der Waals surface area contributed by atoms with Gasteiger partial charge in [0.2, 0.25) is 0 Å². The number of nitrogens with zero attached hydrogens (tertiary/aromatic N) is 1. The van der Waals surface area contributed by atoms with Crippen molar-refractivity contribution in [2.24, 2.45) is 5.92 Å². The molecule has 1 unspecified atom stereocenters. The third-order valence-electron chi connectivity index (χ3n) is 10.4. The molecule has 0 aliphatic heterocycles. The Bertz CT molecular complexity index is 1150. The zero-order valence-corrected chi connectivity index (χ0v) is 38.4. The summed E-state index contributed by atoms with van der Waals surface area (Å²) in [5.41, 5.74) is 0. The molecule has 0 aromatic carbocycles. The number of carbonyl (C=O) groups is 3. The largest absolute Gasteiger partial charge is 0.508 e. The number of esters is 2. The van der Waals surface area contributed by atoms with Crippen molar-refractivity contribution in [1.29, 1.82) is 0 Å². The first-order valence-electron chi connectivity index (χ1n) is 24.2. The van der Waals surface area contributed by atoms with Crippen LogP contribution in [0.5, 0.6) is 0 Å². The summed E-state index contributed by atoms with van der Waals surface area (Å²) in [6.45, 7) is 8.61. The third-order valence-corrected chi connectivity index (χ3v) is 10.4. The van der Waals surface area contributed by atoms with Gasteiger partial charge in [0.05, 0.1) is 18.9 Å². The maximum Gasteiger partial charge on any atom is 0.508 e. The summed E-state index contributed by atoms with van der Waals surface area (Å²) in [6, 6.07) is 3.89. The lowest BCUT2D eigenvalue weighted by Gasteiger charge is -2.20. The fourth-order valence-electron chi connectivity index (χ4n) is 6.59. The average molecular weight is 846 g/mol. The van der Waals surface area contributed by atoms with Crippen LogP contribution in [0.1, 0.15) is 194 Å². The van der Waals surface area contributed by atoms with Gasteiger partial charge in [-0.25, -0.2) is 4.79 Å². The number of hydrogen-bond acceptors (Lipinski definition) is 9. The second-order valence-corrected chi connectivity index (χ2v) is 16.1. The van der Waals surface area contributed by atoms with Crippen molar-refractivity contribution in [1.82, 2.24) is 4.57 Å². The van der Waals surface area contributed by atoms with Gasteiger partial charge in [-0.05, 0) is 69.9 Å². The molecule has 346 valence electrons. The summed E-state index contributed by atoms with van der Waals surface area (Å²) < 4.78 is 36.0. The third kappa shape index (κ3) is 36.7. The second-order valence-electron chi connectivity index (χ2n) is 16.1. The van der Waals surface area contributed by atoms with Crippen LogP contribution in [-0.2, 0) is 44.6 Å². The lowest BCUT2D eigenvalue weighted by Crippen LogP contribution is -2.27. The summed E-state index contributed by atoms with van der Waals surface area (Å²) in [6.07, 6.45) is 39.4. The van der Waals surface area contributed by atoms with Crippen LogP contribution >= 0.6 is 0 Å². The molecule has 0 aliphatic carbocycles. The highest BCUT2D eigenvalue weighted by molar-refractivity contribution is 5.69. The van der Waals surface area contributed by atoms with E-state index in [-0.39, 0.29) is 38.8 Å². The van der Waals surface area contributed by atoms with Gasteiger partial charge in [0.25, 0.3) is 0 Å². The van der Waals surface area contributed by atoms with E-state index in [9.17, 15) is 14.4 Å². The van der Waals surface area contributed by atoms with Crippen LogP contribution < -0.4 is 0 Å². The maximum atomic E-state index is 12.9. The van der Waals surface area contributed by atoms with E-state index in [1.54, 1.807) is 0 Å². The minimum atomic E-state index is -0.803. The molecule has 0 saturated carbocycles. The fourth-order valence-corrected chi connectivity index (χ4v) is 6.59. The summed E-state index contributed by atoms with van der Waals surface area (Å²) in [7, 11) is 0. The maximum absolute atomic E-state index is 12.9. The van der Waals surface area contributed by atoms with E-state index in [4.69, 9.17) is 28.4 Å². The van der Waals surface area contributed by atoms with E-state index in [0.29, 0.717) is 32.5 Å². The zero-order chi connectivity index (χ0) is 43.4. The minimum absolute atomic E-state index is 0.0291. The molecule has 0 aliphatic rings. The average Bonchev–Trinajstić information content (AvgIpc) is 3.78. The molecule has 1 rings (SSSR count). The first-order chi connectivity index (χ1) is 29.5. The van der Waals surface area contributed by atoms with E-state index < -0.39 is 24.3 Å². The SMILES string of the molecule is CCCCC/C=C\C/C=C\CCCCCCCC(=O)OCC(COC(=O)CCC(OCCCCCCCC)OCCCCCCCC)COC(=O)OCCCn1cccc1. The molecule has 1 aromatic heterocycles. The van der Waals surface area contributed by atoms with Crippen molar-refractivity contribution in [3.8, 4) is 0 Å². The molecular formula is C50H87NO9. The molecule has 10 nitrogen and oxygen atoms in total. The van der Waals surface area contributed by atoms with Crippen molar-refractivity contribution in [2.75, 3.05) is 39.6 Å². The predicted octanol–water partition coefficient (Wildman–Crippen LogP) is 13.4. The quantitative estimate of drug-likeness (QED) is 0.0208. The summed E-state index contributed by atoms with van der Waals surface area (Å²) in [5.74, 6) is -1.24. The van der Waals surface area contributed by atoms with Gasteiger partial charge < -0.3 is 33.0 Å². The van der Waals surface area contributed by atoms with Gasteiger partial charge in [-0.1, -0.05) is 141 Å². The lowest BCUT2D eigenvalue weighted by atomic mass is 10.1. The number of unbranched alkanes of at least 4 members (excludes halogenated alkanes) is 18. The van der Waals surface area contributed by atoms with E-state index >= 15 is 0 Å². The number of aromatic nitrogens is 1. The minimum Gasteiger partial charge on any atom is -0.465 e. The Morgan fingerprint density at radius 1 is 0.500 bits per heavy atom. The fraction of sp³-hybridized carbons (Fsp3) is 0.780. The van der Waals surface area contributed by atoms with Crippen LogP contribution in [0.15, 0.2) is 48.8 Å². The normalized spacial score (nSPS) is 12.1. The Kier molecular flexibility index (Phi) is 39.0. The number of allylic oxidation sites excluding steroid dienone is 4. The first kappa shape index (κ1) is 54.9. The molecule has 0 spiro atoms.